The van der Waals surface area contributed by atoms with Crippen molar-refractivity contribution in [2.24, 2.45) is 0 Å². The van der Waals surface area contributed by atoms with Crippen LogP contribution in [0.1, 0.15) is 16.7 Å². The van der Waals surface area contributed by atoms with Gasteiger partial charge in [-0.05, 0) is 35.9 Å². The molecule has 0 saturated carbocycles. The number of aliphatic carboxylic acids is 1. The number of hydrogen-bond donors (Lipinski definition) is 1. The number of rotatable bonds is 5. The van der Waals surface area contributed by atoms with Crippen LogP contribution in [0.2, 0.25) is 0 Å². The van der Waals surface area contributed by atoms with Gasteiger partial charge in [-0.1, -0.05) is 24.3 Å². The van der Waals surface area contributed by atoms with E-state index in [4.69, 9.17) is 0 Å². The van der Waals surface area contributed by atoms with Crippen LogP contribution in [0.4, 0.5) is 0 Å². The molecule has 0 bridgehead atoms. The quantitative estimate of drug-likeness (QED) is 0.895. The van der Waals surface area contributed by atoms with Crippen LogP contribution < -0.4 is 0 Å². The van der Waals surface area contributed by atoms with Gasteiger partial charge in [0.25, 0.3) is 0 Å². The summed E-state index contributed by atoms with van der Waals surface area (Å²) in [6.07, 6.45) is 3.78. The average Bonchev–Trinajstić information content (AvgIpc) is 2.61. The van der Waals surface area contributed by atoms with Gasteiger partial charge in [0.05, 0.1) is 6.54 Å². The van der Waals surface area contributed by atoms with Gasteiger partial charge in [0.1, 0.15) is 6.04 Å². The van der Waals surface area contributed by atoms with Gasteiger partial charge in [-0.2, -0.15) is 0 Å². The van der Waals surface area contributed by atoms with Gasteiger partial charge in [-0.3, -0.25) is 14.7 Å². The molecule has 0 fully saturated rings. The largest absolute Gasteiger partial charge is 0.480 e. The number of carboxylic acids is 1. The van der Waals surface area contributed by atoms with E-state index in [9.17, 15) is 14.7 Å². The summed E-state index contributed by atoms with van der Waals surface area (Å²) in [5.74, 6) is -1.13. The molecular weight excluding hydrogens is 318 g/mol. The van der Waals surface area contributed by atoms with Crippen molar-refractivity contribution < 1.29 is 14.7 Å². The number of carbonyl (C=O) groups is 2. The third-order valence-electron chi connectivity index (χ3n) is 4.46. The number of fused-ring (bicyclic) bond motifs is 1. The lowest BCUT2D eigenvalue weighted by Gasteiger charge is -2.35. The molecule has 0 aliphatic carbocycles. The van der Waals surface area contributed by atoms with Crippen molar-refractivity contribution in [3.05, 3.63) is 65.5 Å². The summed E-state index contributed by atoms with van der Waals surface area (Å²) in [4.78, 5) is 31.7. The van der Waals surface area contributed by atoms with E-state index in [1.54, 1.807) is 12.4 Å². The maximum atomic E-state index is 12.7. The third kappa shape index (κ3) is 4.03. The van der Waals surface area contributed by atoms with Crippen molar-refractivity contribution in [3.8, 4) is 0 Å². The van der Waals surface area contributed by atoms with Crippen molar-refractivity contribution >= 4 is 11.9 Å². The van der Waals surface area contributed by atoms with Gasteiger partial charge in [-0.25, -0.2) is 4.79 Å². The second-order valence-electron chi connectivity index (χ2n) is 6.38. The zero-order valence-electron chi connectivity index (χ0n) is 14.1. The van der Waals surface area contributed by atoms with Crippen LogP contribution in [0, 0.1) is 0 Å². The molecule has 6 nitrogen and oxygen atoms in total. The van der Waals surface area contributed by atoms with Crippen LogP contribution in [0.15, 0.2) is 48.8 Å². The van der Waals surface area contributed by atoms with Crippen LogP contribution >= 0.6 is 0 Å². The van der Waals surface area contributed by atoms with E-state index in [1.807, 2.05) is 48.3 Å². The maximum Gasteiger partial charge on any atom is 0.326 e. The Kier molecular flexibility index (Phi) is 5.09. The fourth-order valence-corrected chi connectivity index (χ4v) is 3.18. The molecule has 1 amide bonds. The van der Waals surface area contributed by atoms with Crippen LogP contribution in [-0.4, -0.2) is 51.4 Å². The average molecular weight is 339 g/mol. The summed E-state index contributed by atoms with van der Waals surface area (Å²) in [5, 5.41) is 9.54. The minimum atomic E-state index is -0.959. The van der Waals surface area contributed by atoms with Crippen molar-refractivity contribution in [1.29, 1.82) is 0 Å². The van der Waals surface area contributed by atoms with Crippen molar-refractivity contribution in [3.63, 3.8) is 0 Å². The molecule has 0 radical (unpaired) electrons. The minimum Gasteiger partial charge on any atom is -0.480 e. The second-order valence-corrected chi connectivity index (χ2v) is 6.38. The lowest BCUT2D eigenvalue weighted by molar-refractivity contribution is -0.151. The van der Waals surface area contributed by atoms with Crippen molar-refractivity contribution in [2.45, 2.75) is 25.6 Å². The smallest absolute Gasteiger partial charge is 0.326 e. The Morgan fingerprint density at radius 1 is 1.20 bits per heavy atom. The van der Waals surface area contributed by atoms with E-state index in [1.165, 1.54) is 4.90 Å². The molecule has 1 aliphatic rings. The zero-order chi connectivity index (χ0) is 17.8. The standard InChI is InChI=1S/C19H21N3O3/c1-21(11-14-6-8-20-9-7-14)13-18(23)22-12-16-5-3-2-4-15(16)10-17(22)19(24)25/h2-9,17H,10-13H2,1H3,(H,24,25). The summed E-state index contributed by atoms with van der Waals surface area (Å²) in [6.45, 7) is 1.12. The highest BCUT2D eigenvalue weighted by Gasteiger charge is 2.34. The second kappa shape index (κ2) is 7.44. The van der Waals surface area contributed by atoms with Crippen LogP contribution in [-0.2, 0) is 29.1 Å². The number of nitrogens with zero attached hydrogens (tertiary/aromatic N) is 3. The van der Waals surface area contributed by atoms with E-state index in [0.29, 0.717) is 19.5 Å². The summed E-state index contributed by atoms with van der Waals surface area (Å²) in [6, 6.07) is 10.7. The Labute approximate surface area is 146 Å². The highest BCUT2D eigenvalue weighted by atomic mass is 16.4. The number of amides is 1. The number of likely N-dealkylation sites (N-methyl/N-ethyl adjacent to an activating group) is 1. The first-order valence-electron chi connectivity index (χ1n) is 8.21. The Morgan fingerprint density at radius 2 is 1.88 bits per heavy atom. The monoisotopic (exact) mass is 339 g/mol. The lowest BCUT2D eigenvalue weighted by atomic mass is 9.94. The molecule has 0 spiro atoms. The molecule has 130 valence electrons. The molecule has 1 aromatic heterocycles. The van der Waals surface area contributed by atoms with Gasteiger partial charge in [0.15, 0.2) is 0 Å². The fourth-order valence-electron chi connectivity index (χ4n) is 3.18. The summed E-state index contributed by atoms with van der Waals surface area (Å²) in [5.41, 5.74) is 3.08. The number of aromatic nitrogens is 1. The highest BCUT2D eigenvalue weighted by Crippen LogP contribution is 2.23. The van der Waals surface area contributed by atoms with E-state index >= 15 is 0 Å². The van der Waals surface area contributed by atoms with Gasteiger partial charge >= 0.3 is 5.97 Å². The highest BCUT2D eigenvalue weighted by molar-refractivity contribution is 5.85. The van der Waals surface area contributed by atoms with Gasteiger partial charge < -0.3 is 10.0 Å². The first-order valence-corrected chi connectivity index (χ1v) is 8.21. The predicted molar refractivity (Wildman–Crippen MR) is 92.7 cm³/mol. The van der Waals surface area contributed by atoms with E-state index in [0.717, 1.165) is 16.7 Å². The molecule has 2 aromatic rings. The van der Waals surface area contributed by atoms with Gasteiger partial charge in [-0.15, -0.1) is 0 Å². The maximum absolute atomic E-state index is 12.7. The van der Waals surface area contributed by atoms with Crippen LogP contribution in [0.3, 0.4) is 0 Å². The SMILES string of the molecule is CN(CC(=O)N1Cc2ccccc2CC1C(=O)O)Cc1ccncc1. The molecule has 1 unspecified atom stereocenters. The molecule has 6 heteroatoms. The van der Waals surface area contributed by atoms with Crippen LogP contribution in [0.25, 0.3) is 0 Å². The Morgan fingerprint density at radius 3 is 2.56 bits per heavy atom. The summed E-state index contributed by atoms with van der Waals surface area (Å²) < 4.78 is 0. The zero-order valence-corrected chi connectivity index (χ0v) is 14.1. The number of pyridine rings is 1. The minimum absolute atomic E-state index is 0.168. The van der Waals surface area contributed by atoms with E-state index < -0.39 is 12.0 Å². The molecule has 1 atom stereocenters. The topological polar surface area (TPSA) is 73.7 Å². The van der Waals surface area contributed by atoms with Crippen molar-refractivity contribution in [2.75, 3.05) is 13.6 Å². The number of hydrogen-bond acceptors (Lipinski definition) is 4. The molecule has 3 rings (SSSR count). The molecule has 1 aliphatic heterocycles. The summed E-state index contributed by atoms with van der Waals surface area (Å²) in [7, 11) is 1.85. The molecule has 25 heavy (non-hydrogen) atoms. The van der Waals surface area contributed by atoms with E-state index in [2.05, 4.69) is 4.98 Å². The molecular formula is C19H21N3O3. The Hall–Kier alpha value is -2.73. The number of carboxylic acid groups (broad SMARTS) is 1. The Balaban J connectivity index is 1.70. The molecule has 0 saturated heterocycles. The third-order valence-corrected chi connectivity index (χ3v) is 4.46. The van der Waals surface area contributed by atoms with Crippen LogP contribution in [0.5, 0.6) is 0 Å². The first kappa shape index (κ1) is 17.1. The van der Waals surface area contributed by atoms with Crippen molar-refractivity contribution in [1.82, 2.24) is 14.8 Å². The lowest BCUT2D eigenvalue weighted by Crippen LogP contribution is -2.51. The first-order chi connectivity index (χ1) is 12.0. The van der Waals surface area contributed by atoms with Gasteiger partial charge in [0, 0.05) is 31.9 Å². The van der Waals surface area contributed by atoms with E-state index in [-0.39, 0.29) is 12.5 Å². The number of benzene rings is 1. The number of carbonyl (C=O) groups excluding carboxylic acids is 1. The predicted octanol–water partition coefficient (Wildman–Crippen LogP) is 1.55. The Bertz CT molecular complexity index is 764. The molecule has 1 N–H and O–H groups in total. The fraction of sp³-hybridized carbons (Fsp3) is 0.316. The normalized spacial score (nSPS) is 16.6. The van der Waals surface area contributed by atoms with Gasteiger partial charge in [0.2, 0.25) is 5.91 Å². The summed E-state index contributed by atoms with van der Waals surface area (Å²) >= 11 is 0. The molecule has 2 heterocycles. The molecule has 1 aromatic carbocycles.